The van der Waals surface area contributed by atoms with Crippen molar-refractivity contribution >= 4 is 39.8 Å². The van der Waals surface area contributed by atoms with E-state index in [0.717, 1.165) is 12.8 Å². The van der Waals surface area contributed by atoms with Crippen molar-refractivity contribution in [2.45, 2.75) is 31.9 Å². The molecule has 0 saturated carbocycles. The number of hydrogen-bond acceptors (Lipinski definition) is 8. The number of nitrogens with one attached hydrogen (secondary N) is 1. The topological polar surface area (TPSA) is 109 Å². The molecule has 0 amide bonds. The number of benzene rings is 2. The van der Waals surface area contributed by atoms with Crippen LogP contribution in [0.15, 0.2) is 36.7 Å². The van der Waals surface area contributed by atoms with Crippen LogP contribution in [-0.4, -0.2) is 47.7 Å². The number of nitrogens with zero attached hydrogens (tertiary/aromatic N) is 2. The molecule has 2 aromatic carbocycles. The van der Waals surface area contributed by atoms with Gasteiger partial charge in [0.1, 0.15) is 36.5 Å². The zero-order chi connectivity index (χ0) is 23.4. The predicted octanol–water partition coefficient (Wildman–Crippen LogP) is 4.02. The van der Waals surface area contributed by atoms with Crippen LogP contribution in [0.1, 0.15) is 19.8 Å². The number of halogens is 2. The summed E-state index contributed by atoms with van der Waals surface area (Å²) < 4.78 is 31.0. The van der Waals surface area contributed by atoms with Crippen LogP contribution >= 0.6 is 11.6 Å². The van der Waals surface area contributed by atoms with Crippen molar-refractivity contribution in [3.05, 3.63) is 47.5 Å². The van der Waals surface area contributed by atoms with Crippen LogP contribution < -0.4 is 20.5 Å². The average Bonchev–Trinajstić information content (AvgIpc) is 2.81. The van der Waals surface area contributed by atoms with Crippen LogP contribution in [0.5, 0.6) is 11.5 Å². The number of nitrogens with two attached hydrogens (primary N) is 1. The highest BCUT2D eigenvalue weighted by atomic mass is 35.5. The van der Waals surface area contributed by atoms with Crippen molar-refractivity contribution in [1.82, 2.24) is 9.97 Å². The first-order valence-electron chi connectivity index (χ1n) is 10.5. The molecule has 4 rings (SSSR count). The van der Waals surface area contributed by atoms with E-state index in [2.05, 4.69) is 15.3 Å². The summed E-state index contributed by atoms with van der Waals surface area (Å²) in [6.45, 7) is 2.66. The van der Waals surface area contributed by atoms with Gasteiger partial charge in [0.2, 0.25) is 0 Å². The van der Waals surface area contributed by atoms with Gasteiger partial charge >= 0.3 is 0 Å². The maximum absolute atomic E-state index is 13.5. The van der Waals surface area contributed by atoms with E-state index < -0.39 is 11.9 Å². The normalized spacial score (nSPS) is 15.3. The molecular formula is C23H24ClFN4O4. The van der Waals surface area contributed by atoms with E-state index in [-0.39, 0.29) is 23.5 Å². The molecule has 3 aromatic rings. The number of carbonyl (C=O) groups is 1. The lowest BCUT2D eigenvalue weighted by atomic mass is 10.1. The summed E-state index contributed by atoms with van der Waals surface area (Å²) in [7, 11) is 0. The lowest BCUT2D eigenvalue weighted by Gasteiger charge is -2.25. The molecule has 1 atom stereocenters. The Balaban J connectivity index is 1.69. The largest absolute Gasteiger partial charge is 0.488 e. The molecule has 1 saturated heterocycles. The van der Waals surface area contributed by atoms with Crippen LogP contribution in [0, 0.1) is 5.82 Å². The summed E-state index contributed by atoms with van der Waals surface area (Å²) in [6.07, 6.45) is 2.85. The number of rotatable bonds is 8. The van der Waals surface area contributed by atoms with Crippen LogP contribution in [-0.2, 0) is 9.53 Å². The predicted molar refractivity (Wildman–Crippen MR) is 123 cm³/mol. The Morgan fingerprint density at radius 3 is 2.79 bits per heavy atom. The summed E-state index contributed by atoms with van der Waals surface area (Å²) in [6, 6.07) is 7.08. The molecule has 33 heavy (non-hydrogen) atoms. The third-order valence-electron chi connectivity index (χ3n) is 5.29. The van der Waals surface area contributed by atoms with Crippen molar-refractivity contribution in [2.75, 3.05) is 25.1 Å². The third-order valence-corrected chi connectivity index (χ3v) is 5.58. The minimum absolute atomic E-state index is 0.000558. The van der Waals surface area contributed by atoms with Gasteiger partial charge < -0.3 is 25.3 Å². The number of hydrogen-bond donors (Lipinski definition) is 2. The molecule has 0 bridgehead atoms. The SMILES string of the molecule is CC(=O)C(N)COc1cc2ncnc(Nc3ccc(F)c(Cl)c3)c2cc1OC1CCOCC1. The molecule has 2 heterocycles. The minimum atomic E-state index is -0.748. The first kappa shape index (κ1) is 23.2. The average molecular weight is 475 g/mol. The van der Waals surface area contributed by atoms with Gasteiger partial charge in [-0.2, -0.15) is 0 Å². The second kappa shape index (κ2) is 10.3. The Bertz CT molecular complexity index is 1160. The monoisotopic (exact) mass is 474 g/mol. The van der Waals surface area contributed by atoms with E-state index in [1.54, 1.807) is 18.2 Å². The Morgan fingerprint density at radius 1 is 1.27 bits per heavy atom. The van der Waals surface area contributed by atoms with Gasteiger partial charge in [-0.1, -0.05) is 11.6 Å². The van der Waals surface area contributed by atoms with Gasteiger partial charge in [-0.15, -0.1) is 0 Å². The highest BCUT2D eigenvalue weighted by Gasteiger charge is 2.20. The summed E-state index contributed by atoms with van der Waals surface area (Å²) in [4.78, 5) is 20.2. The Labute approximate surface area is 195 Å². The number of carbonyl (C=O) groups excluding carboxylic acids is 1. The van der Waals surface area contributed by atoms with Gasteiger partial charge in [0.05, 0.1) is 29.8 Å². The van der Waals surface area contributed by atoms with Crippen molar-refractivity contribution < 1.29 is 23.4 Å². The number of fused-ring (bicyclic) bond motifs is 1. The van der Waals surface area contributed by atoms with Gasteiger partial charge in [0.25, 0.3) is 0 Å². The van der Waals surface area contributed by atoms with Crippen molar-refractivity contribution in [3.8, 4) is 11.5 Å². The first-order chi connectivity index (χ1) is 15.9. The van der Waals surface area contributed by atoms with Crippen molar-refractivity contribution in [3.63, 3.8) is 0 Å². The number of anilines is 2. The van der Waals surface area contributed by atoms with E-state index in [0.29, 0.717) is 47.1 Å². The molecule has 1 aromatic heterocycles. The smallest absolute Gasteiger partial charge is 0.163 e. The van der Waals surface area contributed by atoms with Crippen LogP contribution in [0.3, 0.4) is 0 Å². The van der Waals surface area contributed by atoms with Crippen molar-refractivity contribution in [1.29, 1.82) is 0 Å². The maximum Gasteiger partial charge on any atom is 0.163 e. The Kier molecular flexibility index (Phi) is 7.22. The van der Waals surface area contributed by atoms with E-state index >= 15 is 0 Å². The molecule has 0 spiro atoms. The number of ether oxygens (including phenoxy) is 3. The molecule has 8 nitrogen and oxygen atoms in total. The van der Waals surface area contributed by atoms with E-state index in [1.165, 1.54) is 25.4 Å². The van der Waals surface area contributed by atoms with E-state index in [9.17, 15) is 9.18 Å². The summed E-state index contributed by atoms with van der Waals surface area (Å²) >= 11 is 5.91. The fourth-order valence-corrected chi connectivity index (χ4v) is 3.53. The Morgan fingerprint density at radius 2 is 2.06 bits per heavy atom. The number of Topliss-reactive ketones (excluding diaryl/α,β-unsaturated/α-hetero) is 1. The molecule has 1 aliphatic heterocycles. The summed E-state index contributed by atoms with van der Waals surface area (Å²) in [5, 5.41) is 3.82. The van der Waals surface area contributed by atoms with Gasteiger partial charge in [-0.25, -0.2) is 14.4 Å². The minimum Gasteiger partial charge on any atom is -0.488 e. The molecule has 174 valence electrons. The lowest BCUT2D eigenvalue weighted by Crippen LogP contribution is -2.34. The molecule has 0 aliphatic carbocycles. The summed E-state index contributed by atoms with van der Waals surface area (Å²) in [5.41, 5.74) is 7.00. The van der Waals surface area contributed by atoms with Gasteiger partial charge in [-0.3, -0.25) is 4.79 Å². The highest BCUT2D eigenvalue weighted by molar-refractivity contribution is 6.31. The molecule has 1 unspecified atom stereocenters. The molecule has 1 aliphatic rings. The molecule has 1 fully saturated rings. The highest BCUT2D eigenvalue weighted by Crippen LogP contribution is 2.36. The van der Waals surface area contributed by atoms with Gasteiger partial charge in [-0.05, 0) is 31.2 Å². The van der Waals surface area contributed by atoms with Gasteiger partial charge in [0, 0.05) is 30.0 Å². The van der Waals surface area contributed by atoms with Crippen molar-refractivity contribution in [2.24, 2.45) is 5.73 Å². The third kappa shape index (κ3) is 5.68. The standard InChI is InChI=1S/C23H24ClFN4O4/c1-13(30)19(26)11-32-21-10-20-16(9-22(21)33-15-4-6-31-7-5-15)23(28-12-27-20)29-14-2-3-18(25)17(24)8-14/h2-3,8-10,12,15,19H,4-7,11,26H2,1H3,(H,27,28,29). The van der Waals surface area contributed by atoms with E-state index in [1.807, 2.05) is 0 Å². The molecule has 3 N–H and O–H groups in total. The number of aromatic nitrogens is 2. The quantitative estimate of drug-likeness (QED) is 0.504. The van der Waals surface area contributed by atoms with Gasteiger partial charge in [0.15, 0.2) is 11.5 Å². The lowest BCUT2D eigenvalue weighted by molar-refractivity contribution is -0.118. The first-order valence-corrected chi connectivity index (χ1v) is 10.9. The fourth-order valence-electron chi connectivity index (χ4n) is 3.35. The summed E-state index contributed by atoms with van der Waals surface area (Å²) in [5.74, 6) is 0.730. The number of ketones is 1. The molecule has 0 radical (unpaired) electrons. The van der Waals surface area contributed by atoms with Crippen LogP contribution in [0.4, 0.5) is 15.9 Å². The second-order valence-electron chi connectivity index (χ2n) is 7.75. The zero-order valence-electron chi connectivity index (χ0n) is 18.0. The fraction of sp³-hybridized carbons (Fsp3) is 0.348. The maximum atomic E-state index is 13.5. The van der Waals surface area contributed by atoms with E-state index in [4.69, 9.17) is 31.5 Å². The van der Waals surface area contributed by atoms with Crippen LogP contribution in [0.25, 0.3) is 10.9 Å². The Hall–Kier alpha value is -3.01. The second-order valence-corrected chi connectivity index (χ2v) is 8.16. The molecule has 10 heteroatoms. The molecular weight excluding hydrogens is 451 g/mol. The zero-order valence-corrected chi connectivity index (χ0v) is 18.8. The van der Waals surface area contributed by atoms with Crippen LogP contribution in [0.2, 0.25) is 5.02 Å².